The zero-order valence-electron chi connectivity index (χ0n) is 13.9. The fourth-order valence-electron chi connectivity index (χ4n) is 3.27. The molecule has 8 heteroatoms. The number of halogens is 2. The molecule has 0 unspecified atom stereocenters. The Labute approximate surface area is 144 Å². The van der Waals surface area contributed by atoms with E-state index in [-0.39, 0.29) is 30.6 Å². The van der Waals surface area contributed by atoms with Gasteiger partial charge in [-0.15, -0.1) is 0 Å². The van der Waals surface area contributed by atoms with E-state index in [9.17, 15) is 18.4 Å². The smallest absolute Gasteiger partial charge is 0.414 e. The minimum Gasteiger partial charge on any atom is -0.442 e. The molecule has 136 valence electrons. The third-order valence-electron chi connectivity index (χ3n) is 4.45. The van der Waals surface area contributed by atoms with E-state index in [1.165, 1.54) is 11.8 Å². The van der Waals surface area contributed by atoms with Crippen LogP contribution in [-0.4, -0.2) is 44.4 Å². The maximum atomic E-state index is 14.5. The van der Waals surface area contributed by atoms with Crippen molar-refractivity contribution in [1.82, 2.24) is 5.32 Å². The maximum absolute atomic E-state index is 14.5. The van der Waals surface area contributed by atoms with Crippen LogP contribution in [0.2, 0.25) is 0 Å². The van der Waals surface area contributed by atoms with Crippen molar-refractivity contribution in [3.8, 4) is 0 Å². The monoisotopic (exact) mass is 354 g/mol. The quantitative estimate of drug-likeness (QED) is 0.901. The summed E-state index contributed by atoms with van der Waals surface area (Å²) in [7, 11) is 0. The van der Waals surface area contributed by atoms with E-state index in [0.29, 0.717) is 31.6 Å². The fraction of sp³-hybridized carbons (Fsp3) is 0.529. The van der Waals surface area contributed by atoms with Crippen LogP contribution in [-0.2, 0) is 14.3 Å². The van der Waals surface area contributed by atoms with Crippen molar-refractivity contribution < 1.29 is 27.8 Å². The molecule has 2 aliphatic heterocycles. The molecule has 3 rings (SSSR count). The van der Waals surface area contributed by atoms with Gasteiger partial charge in [0.1, 0.15) is 17.7 Å². The Bertz CT molecular complexity index is 677. The number of cyclic esters (lactones) is 1. The number of nitrogens with one attached hydrogen (secondary N) is 1. The third kappa shape index (κ3) is 3.89. The molecule has 0 aliphatic carbocycles. The summed E-state index contributed by atoms with van der Waals surface area (Å²) < 4.78 is 38.8. The van der Waals surface area contributed by atoms with E-state index >= 15 is 0 Å². The van der Waals surface area contributed by atoms with Gasteiger partial charge in [0, 0.05) is 31.8 Å². The van der Waals surface area contributed by atoms with Crippen molar-refractivity contribution in [1.29, 1.82) is 0 Å². The first-order valence-electron chi connectivity index (χ1n) is 8.25. The molecule has 0 bridgehead atoms. The molecule has 1 aromatic rings. The Hall–Kier alpha value is -2.22. The van der Waals surface area contributed by atoms with Gasteiger partial charge >= 0.3 is 6.09 Å². The van der Waals surface area contributed by atoms with Gasteiger partial charge in [0.2, 0.25) is 5.91 Å². The first-order valence-corrected chi connectivity index (χ1v) is 8.25. The number of ether oxygens (including phenoxy) is 2. The standard InChI is InChI=1S/C17H20F2N2O4/c1-10(22)20-8-13-9-21(17(23)25-13)15-7-12(18)6-14(19)16(15)11-2-4-24-5-3-11/h6-7,11,13H,2-5,8-9H2,1H3,(H,20,22)/t13-/m0/s1. The molecule has 0 spiro atoms. The number of carbonyl (C=O) groups excluding carboxylic acids is 2. The number of amides is 2. The van der Waals surface area contributed by atoms with Gasteiger partial charge in [0.15, 0.2) is 0 Å². The van der Waals surface area contributed by atoms with Gasteiger partial charge in [-0.25, -0.2) is 13.6 Å². The zero-order chi connectivity index (χ0) is 18.0. The summed E-state index contributed by atoms with van der Waals surface area (Å²) in [5, 5.41) is 2.57. The lowest BCUT2D eigenvalue weighted by atomic mass is 9.89. The second-order valence-corrected chi connectivity index (χ2v) is 6.26. The van der Waals surface area contributed by atoms with Crippen molar-refractivity contribution in [2.75, 3.05) is 31.2 Å². The molecule has 1 aromatic carbocycles. The Morgan fingerprint density at radius 3 is 2.72 bits per heavy atom. The minimum atomic E-state index is -0.749. The zero-order valence-corrected chi connectivity index (χ0v) is 13.9. The molecule has 1 N–H and O–H groups in total. The number of anilines is 1. The Kier molecular flexibility index (Phi) is 5.17. The summed E-state index contributed by atoms with van der Waals surface area (Å²) in [6, 6.07) is 2.00. The molecule has 25 heavy (non-hydrogen) atoms. The molecule has 0 saturated carbocycles. The largest absolute Gasteiger partial charge is 0.442 e. The topological polar surface area (TPSA) is 67.9 Å². The fourth-order valence-corrected chi connectivity index (χ4v) is 3.27. The second-order valence-electron chi connectivity index (χ2n) is 6.26. The van der Waals surface area contributed by atoms with Gasteiger partial charge in [-0.2, -0.15) is 0 Å². The molecular weight excluding hydrogens is 334 g/mol. The summed E-state index contributed by atoms with van der Waals surface area (Å²) in [5.41, 5.74) is 0.515. The summed E-state index contributed by atoms with van der Waals surface area (Å²) in [6.07, 6.45) is -0.0273. The normalized spacial score (nSPS) is 21.3. The second kappa shape index (κ2) is 7.35. The number of rotatable bonds is 4. The molecule has 2 amide bonds. The van der Waals surface area contributed by atoms with Gasteiger partial charge in [-0.05, 0) is 24.8 Å². The number of nitrogens with zero attached hydrogens (tertiary/aromatic N) is 1. The third-order valence-corrected chi connectivity index (χ3v) is 4.45. The molecule has 0 aromatic heterocycles. The van der Waals surface area contributed by atoms with Crippen LogP contribution in [0, 0.1) is 11.6 Å². The van der Waals surface area contributed by atoms with Crippen LogP contribution < -0.4 is 10.2 Å². The Morgan fingerprint density at radius 2 is 2.04 bits per heavy atom. The van der Waals surface area contributed by atoms with Crippen LogP contribution in [0.4, 0.5) is 19.3 Å². The van der Waals surface area contributed by atoms with Crippen molar-refractivity contribution in [3.05, 3.63) is 29.3 Å². The maximum Gasteiger partial charge on any atom is 0.414 e. The average Bonchev–Trinajstić information content (AvgIpc) is 2.94. The van der Waals surface area contributed by atoms with Crippen LogP contribution in [0.5, 0.6) is 0 Å². The molecule has 6 nitrogen and oxygen atoms in total. The number of hydrogen-bond acceptors (Lipinski definition) is 4. The van der Waals surface area contributed by atoms with E-state index < -0.39 is 23.8 Å². The van der Waals surface area contributed by atoms with Crippen LogP contribution in [0.25, 0.3) is 0 Å². The highest BCUT2D eigenvalue weighted by atomic mass is 19.1. The molecule has 2 fully saturated rings. The van der Waals surface area contributed by atoms with E-state index in [1.807, 2.05) is 0 Å². The van der Waals surface area contributed by atoms with Crippen LogP contribution in [0.3, 0.4) is 0 Å². The lowest BCUT2D eigenvalue weighted by molar-refractivity contribution is -0.119. The molecule has 2 saturated heterocycles. The van der Waals surface area contributed by atoms with E-state index in [0.717, 1.165) is 12.1 Å². The molecule has 0 radical (unpaired) electrons. The Balaban J connectivity index is 1.88. The molecule has 2 heterocycles. The van der Waals surface area contributed by atoms with Gasteiger partial charge in [-0.3, -0.25) is 9.69 Å². The summed E-state index contributed by atoms with van der Waals surface area (Å²) >= 11 is 0. The van der Waals surface area contributed by atoms with Crippen LogP contribution in [0.1, 0.15) is 31.2 Å². The molecular formula is C17H20F2N2O4. The SMILES string of the molecule is CC(=O)NC[C@H]1CN(c2cc(F)cc(F)c2C2CCOCC2)C(=O)O1. The molecule has 1 atom stereocenters. The summed E-state index contributed by atoms with van der Waals surface area (Å²) in [6.45, 7) is 2.63. The molecule has 2 aliphatic rings. The predicted molar refractivity (Wildman–Crippen MR) is 85.5 cm³/mol. The highest BCUT2D eigenvalue weighted by Gasteiger charge is 2.36. The van der Waals surface area contributed by atoms with Crippen LogP contribution in [0.15, 0.2) is 12.1 Å². The van der Waals surface area contributed by atoms with E-state index in [4.69, 9.17) is 9.47 Å². The average molecular weight is 354 g/mol. The number of benzene rings is 1. The van der Waals surface area contributed by atoms with Crippen molar-refractivity contribution in [3.63, 3.8) is 0 Å². The highest BCUT2D eigenvalue weighted by molar-refractivity contribution is 5.91. The van der Waals surface area contributed by atoms with Crippen molar-refractivity contribution in [2.24, 2.45) is 0 Å². The number of carbonyl (C=O) groups is 2. The predicted octanol–water partition coefficient (Wildman–Crippen LogP) is 2.32. The van der Waals surface area contributed by atoms with Gasteiger partial charge < -0.3 is 14.8 Å². The lowest BCUT2D eigenvalue weighted by Gasteiger charge is -2.27. The van der Waals surface area contributed by atoms with Gasteiger partial charge in [0.25, 0.3) is 0 Å². The first-order chi connectivity index (χ1) is 12.0. The highest BCUT2D eigenvalue weighted by Crippen LogP contribution is 2.38. The van der Waals surface area contributed by atoms with Crippen molar-refractivity contribution in [2.45, 2.75) is 31.8 Å². The number of hydrogen-bond donors (Lipinski definition) is 1. The summed E-state index contributed by atoms with van der Waals surface area (Å²) in [5.74, 6) is -1.80. The van der Waals surface area contributed by atoms with E-state index in [1.54, 1.807) is 0 Å². The van der Waals surface area contributed by atoms with Crippen molar-refractivity contribution >= 4 is 17.7 Å². The minimum absolute atomic E-state index is 0.123. The van der Waals surface area contributed by atoms with Crippen LogP contribution >= 0.6 is 0 Å². The van der Waals surface area contributed by atoms with E-state index in [2.05, 4.69) is 5.32 Å². The summed E-state index contributed by atoms with van der Waals surface area (Å²) in [4.78, 5) is 24.5. The van der Waals surface area contributed by atoms with Gasteiger partial charge in [0.05, 0.1) is 18.8 Å². The Morgan fingerprint density at radius 1 is 1.32 bits per heavy atom. The van der Waals surface area contributed by atoms with Gasteiger partial charge in [-0.1, -0.05) is 0 Å². The lowest BCUT2D eigenvalue weighted by Crippen LogP contribution is -2.33. The first kappa shape index (κ1) is 17.6.